The highest BCUT2D eigenvalue weighted by Gasteiger charge is 2.52. The van der Waals surface area contributed by atoms with Gasteiger partial charge in [0.1, 0.15) is 4.60 Å². The standard InChI is InChI=1S/C14H21BBrNO2/c1-6-7-10-9-17-12(16)8-11(10)15-18-13(2,3)14(4,5)19-15/h8-9H,6-7H2,1-5H3. The minimum absolute atomic E-state index is 0.309. The molecule has 2 heterocycles. The van der Waals surface area contributed by atoms with Gasteiger partial charge in [0.25, 0.3) is 0 Å². The molecule has 1 aromatic heterocycles. The number of hydrogen-bond donors (Lipinski definition) is 0. The van der Waals surface area contributed by atoms with Crippen LogP contribution in [0, 0.1) is 0 Å². The van der Waals surface area contributed by atoms with Crippen molar-refractivity contribution in [2.75, 3.05) is 0 Å². The average molecular weight is 326 g/mol. The van der Waals surface area contributed by atoms with E-state index in [0.717, 1.165) is 22.9 Å². The molecule has 0 atom stereocenters. The van der Waals surface area contributed by atoms with Crippen LogP contribution in [-0.4, -0.2) is 23.3 Å². The molecule has 0 radical (unpaired) electrons. The van der Waals surface area contributed by atoms with Gasteiger partial charge in [0.2, 0.25) is 0 Å². The zero-order valence-corrected chi connectivity index (χ0v) is 13.9. The molecule has 1 aromatic rings. The van der Waals surface area contributed by atoms with E-state index in [4.69, 9.17) is 9.31 Å². The molecule has 0 amide bonds. The first-order chi connectivity index (χ1) is 8.77. The lowest BCUT2D eigenvalue weighted by molar-refractivity contribution is 0.00578. The van der Waals surface area contributed by atoms with Gasteiger partial charge < -0.3 is 9.31 Å². The van der Waals surface area contributed by atoms with Crippen molar-refractivity contribution in [1.82, 2.24) is 4.98 Å². The Morgan fingerprint density at radius 2 is 1.79 bits per heavy atom. The monoisotopic (exact) mass is 325 g/mol. The summed E-state index contributed by atoms with van der Waals surface area (Å²) < 4.78 is 13.1. The van der Waals surface area contributed by atoms with Crippen LogP contribution in [0.2, 0.25) is 0 Å². The van der Waals surface area contributed by atoms with Gasteiger partial charge in [-0.1, -0.05) is 13.3 Å². The molecule has 1 aliphatic rings. The summed E-state index contributed by atoms with van der Waals surface area (Å²) in [6.07, 6.45) is 3.98. The second kappa shape index (κ2) is 5.19. The Labute approximate surface area is 124 Å². The molecular formula is C14H21BBrNO2. The summed E-state index contributed by atoms with van der Waals surface area (Å²) in [7, 11) is -0.314. The van der Waals surface area contributed by atoms with E-state index >= 15 is 0 Å². The molecule has 2 rings (SSSR count). The number of rotatable bonds is 3. The fourth-order valence-corrected chi connectivity index (χ4v) is 2.49. The first-order valence-corrected chi connectivity index (χ1v) is 7.56. The van der Waals surface area contributed by atoms with Crippen molar-refractivity contribution in [2.24, 2.45) is 0 Å². The van der Waals surface area contributed by atoms with Crippen molar-refractivity contribution in [3.05, 3.63) is 22.4 Å². The van der Waals surface area contributed by atoms with Gasteiger partial charge in [-0.05, 0) is 67.1 Å². The Kier molecular flexibility index (Phi) is 4.10. The second-order valence-electron chi connectivity index (χ2n) is 6.04. The van der Waals surface area contributed by atoms with E-state index in [-0.39, 0.29) is 18.3 Å². The molecule has 5 heteroatoms. The van der Waals surface area contributed by atoms with E-state index in [0.29, 0.717) is 0 Å². The molecule has 0 aliphatic carbocycles. The van der Waals surface area contributed by atoms with Crippen molar-refractivity contribution in [1.29, 1.82) is 0 Å². The van der Waals surface area contributed by atoms with Crippen molar-refractivity contribution in [3.63, 3.8) is 0 Å². The quantitative estimate of drug-likeness (QED) is 0.632. The van der Waals surface area contributed by atoms with Crippen LogP contribution in [-0.2, 0) is 15.7 Å². The Morgan fingerprint density at radius 3 is 2.32 bits per heavy atom. The Morgan fingerprint density at radius 1 is 1.21 bits per heavy atom. The highest BCUT2D eigenvalue weighted by atomic mass is 79.9. The number of pyridine rings is 1. The maximum absolute atomic E-state index is 6.12. The Balaban J connectivity index is 2.35. The van der Waals surface area contributed by atoms with Gasteiger partial charge in [0, 0.05) is 6.20 Å². The minimum atomic E-state index is -0.314. The SMILES string of the molecule is CCCc1cnc(Br)cc1B1OC(C)(C)C(C)(C)O1. The van der Waals surface area contributed by atoms with Crippen LogP contribution in [0.3, 0.4) is 0 Å². The lowest BCUT2D eigenvalue weighted by Gasteiger charge is -2.32. The lowest BCUT2D eigenvalue weighted by Crippen LogP contribution is -2.41. The Bertz CT molecular complexity index is 461. The van der Waals surface area contributed by atoms with Gasteiger partial charge in [-0.25, -0.2) is 4.98 Å². The smallest absolute Gasteiger partial charge is 0.399 e. The first-order valence-electron chi connectivity index (χ1n) is 6.77. The summed E-state index contributed by atoms with van der Waals surface area (Å²) in [5, 5.41) is 0. The highest BCUT2D eigenvalue weighted by molar-refractivity contribution is 9.10. The van der Waals surface area contributed by atoms with E-state index in [1.165, 1.54) is 5.56 Å². The van der Waals surface area contributed by atoms with Gasteiger partial charge in [0.15, 0.2) is 0 Å². The molecule has 0 aromatic carbocycles. The molecule has 0 N–H and O–H groups in total. The summed E-state index contributed by atoms with van der Waals surface area (Å²) in [6, 6.07) is 2.01. The summed E-state index contributed by atoms with van der Waals surface area (Å²) in [5.41, 5.74) is 1.67. The van der Waals surface area contributed by atoms with Crippen LogP contribution in [0.15, 0.2) is 16.9 Å². The molecule has 104 valence electrons. The molecule has 1 fully saturated rings. The van der Waals surface area contributed by atoms with Crippen LogP contribution in [0.4, 0.5) is 0 Å². The highest BCUT2D eigenvalue weighted by Crippen LogP contribution is 2.36. The van der Waals surface area contributed by atoms with Crippen LogP contribution >= 0.6 is 15.9 Å². The average Bonchev–Trinajstić information content (AvgIpc) is 2.51. The second-order valence-corrected chi connectivity index (χ2v) is 6.86. The molecule has 0 spiro atoms. The lowest BCUT2D eigenvalue weighted by atomic mass is 9.76. The van der Waals surface area contributed by atoms with E-state index in [1.807, 2.05) is 12.3 Å². The Hall–Kier alpha value is -0.385. The van der Waals surface area contributed by atoms with Crippen molar-refractivity contribution in [2.45, 2.75) is 58.7 Å². The van der Waals surface area contributed by atoms with Crippen molar-refractivity contribution in [3.8, 4) is 0 Å². The predicted octanol–water partition coefficient (Wildman–Crippen LogP) is 3.10. The molecule has 0 bridgehead atoms. The molecule has 19 heavy (non-hydrogen) atoms. The van der Waals surface area contributed by atoms with E-state index in [9.17, 15) is 0 Å². The minimum Gasteiger partial charge on any atom is -0.399 e. The van der Waals surface area contributed by atoms with E-state index < -0.39 is 0 Å². The zero-order valence-electron chi connectivity index (χ0n) is 12.3. The molecular weight excluding hydrogens is 305 g/mol. The van der Waals surface area contributed by atoms with Crippen LogP contribution in [0.25, 0.3) is 0 Å². The van der Waals surface area contributed by atoms with Crippen molar-refractivity contribution < 1.29 is 9.31 Å². The molecule has 0 saturated carbocycles. The number of hydrogen-bond acceptors (Lipinski definition) is 3. The topological polar surface area (TPSA) is 31.4 Å². The van der Waals surface area contributed by atoms with Gasteiger partial charge in [-0.2, -0.15) is 0 Å². The third kappa shape index (κ3) is 2.88. The number of aromatic nitrogens is 1. The number of nitrogens with zero attached hydrogens (tertiary/aromatic N) is 1. The fraction of sp³-hybridized carbons (Fsp3) is 0.643. The number of halogens is 1. The maximum Gasteiger partial charge on any atom is 0.495 e. The summed E-state index contributed by atoms with van der Waals surface area (Å²) >= 11 is 3.43. The molecule has 0 unspecified atom stereocenters. The number of aryl methyl sites for hydroxylation is 1. The van der Waals surface area contributed by atoms with Gasteiger partial charge in [0.05, 0.1) is 11.2 Å². The maximum atomic E-state index is 6.12. The largest absolute Gasteiger partial charge is 0.495 e. The van der Waals surface area contributed by atoms with Crippen LogP contribution < -0.4 is 5.46 Å². The molecule has 1 saturated heterocycles. The van der Waals surface area contributed by atoms with Gasteiger partial charge >= 0.3 is 7.12 Å². The first kappa shape index (κ1) is 15.0. The summed E-state index contributed by atoms with van der Waals surface area (Å²) in [6.45, 7) is 10.5. The normalized spacial score (nSPS) is 20.8. The summed E-state index contributed by atoms with van der Waals surface area (Å²) in [4.78, 5) is 4.31. The fourth-order valence-electron chi connectivity index (χ4n) is 2.14. The van der Waals surface area contributed by atoms with Crippen LogP contribution in [0.1, 0.15) is 46.6 Å². The third-order valence-electron chi connectivity index (χ3n) is 4.02. The predicted molar refractivity (Wildman–Crippen MR) is 81.6 cm³/mol. The van der Waals surface area contributed by atoms with E-state index in [1.54, 1.807) is 0 Å². The van der Waals surface area contributed by atoms with Crippen LogP contribution in [0.5, 0.6) is 0 Å². The van der Waals surface area contributed by atoms with E-state index in [2.05, 4.69) is 55.5 Å². The molecule has 3 nitrogen and oxygen atoms in total. The zero-order chi connectivity index (χ0) is 14.3. The van der Waals surface area contributed by atoms with Gasteiger partial charge in [-0.3, -0.25) is 0 Å². The van der Waals surface area contributed by atoms with Crippen molar-refractivity contribution >= 4 is 28.5 Å². The third-order valence-corrected chi connectivity index (χ3v) is 4.45. The van der Waals surface area contributed by atoms with Gasteiger partial charge in [-0.15, -0.1) is 0 Å². The molecule has 1 aliphatic heterocycles. The summed E-state index contributed by atoms with van der Waals surface area (Å²) in [5.74, 6) is 0.